The zero-order valence-electron chi connectivity index (χ0n) is 15.2. The number of fused-ring (bicyclic) bond motifs is 6. The maximum atomic E-state index is 10.1. The molecule has 2 heterocycles. The number of hydrogen-bond acceptors (Lipinski definition) is 3. The lowest BCUT2D eigenvalue weighted by molar-refractivity contribution is 0.123. The highest BCUT2D eigenvalue weighted by Crippen LogP contribution is 2.52. The van der Waals surface area contributed by atoms with E-state index in [2.05, 4.69) is 35.1 Å². The van der Waals surface area contributed by atoms with E-state index >= 15 is 0 Å². The lowest BCUT2D eigenvalue weighted by Gasteiger charge is -2.50. The summed E-state index contributed by atoms with van der Waals surface area (Å²) in [5, 5.41) is 11.4. The Balaban J connectivity index is 1.81. The Kier molecular flexibility index (Phi) is 3.35. The minimum absolute atomic E-state index is 0.0614. The summed E-state index contributed by atoms with van der Waals surface area (Å²) in [6.45, 7) is 1.07. The molecule has 2 N–H and O–H groups in total. The minimum atomic E-state index is -0.0614. The molecule has 5 rings (SSSR count). The van der Waals surface area contributed by atoms with Crippen LogP contribution in [0.15, 0.2) is 42.5 Å². The van der Waals surface area contributed by atoms with Gasteiger partial charge in [0.1, 0.15) is 11.5 Å². The molecular weight excluding hydrogens is 324 g/mol. The minimum Gasteiger partial charge on any atom is -0.508 e. The topological polar surface area (TPSA) is 48.5 Å². The van der Waals surface area contributed by atoms with E-state index < -0.39 is 0 Å². The van der Waals surface area contributed by atoms with Crippen LogP contribution in [-0.2, 0) is 11.8 Å². The first kappa shape index (κ1) is 15.8. The van der Waals surface area contributed by atoms with Gasteiger partial charge in [-0.2, -0.15) is 0 Å². The van der Waals surface area contributed by atoms with Crippen LogP contribution in [-0.4, -0.2) is 41.7 Å². The quantitative estimate of drug-likeness (QED) is 0.740. The number of aromatic nitrogens is 1. The van der Waals surface area contributed by atoms with Crippen molar-refractivity contribution < 1.29 is 9.84 Å². The summed E-state index contributed by atoms with van der Waals surface area (Å²) >= 11 is 0. The predicted molar refractivity (Wildman–Crippen MR) is 103 cm³/mol. The number of phenolic OH excluding ortho intramolecular Hbond substituents is 1. The molecule has 1 fully saturated rings. The largest absolute Gasteiger partial charge is 0.508 e. The van der Waals surface area contributed by atoms with Gasteiger partial charge in [-0.15, -0.1) is 0 Å². The molecule has 134 valence electrons. The fourth-order valence-electron chi connectivity index (χ4n) is 5.16. The molecule has 1 aromatic heterocycles. The second kappa shape index (κ2) is 5.52. The maximum Gasteiger partial charge on any atom is 0.119 e. The Morgan fingerprint density at radius 3 is 2.92 bits per heavy atom. The van der Waals surface area contributed by atoms with Crippen LogP contribution in [0.3, 0.4) is 0 Å². The van der Waals surface area contributed by atoms with Crippen LogP contribution in [0.5, 0.6) is 11.5 Å². The number of aromatic amines is 1. The average molecular weight is 348 g/mol. The molecule has 26 heavy (non-hydrogen) atoms. The van der Waals surface area contributed by atoms with Crippen LogP contribution >= 0.6 is 0 Å². The van der Waals surface area contributed by atoms with Crippen molar-refractivity contribution in [3.8, 4) is 11.5 Å². The van der Waals surface area contributed by atoms with Crippen molar-refractivity contribution in [3.05, 3.63) is 59.3 Å². The number of phenols is 1. The van der Waals surface area contributed by atoms with Crippen molar-refractivity contribution in [1.29, 1.82) is 0 Å². The van der Waals surface area contributed by atoms with Gasteiger partial charge in [0.15, 0.2) is 0 Å². The molecule has 2 aliphatic rings. The maximum absolute atomic E-state index is 10.1. The van der Waals surface area contributed by atoms with Gasteiger partial charge in [0.25, 0.3) is 0 Å². The van der Waals surface area contributed by atoms with E-state index in [1.807, 2.05) is 18.2 Å². The summed E-state index contributed by atoms with van der Waals surface area (Å²) in [6, 6.07) is 14.7. The number of piperidine rings is 1. The van der Waals surface area contributed by atoms with Crippen molar-refractivity contribution in [3.63, 3.8) is 0 Å². The summed E-state index contributed by atoms with van der Waals surface area (Å²) in [6.07, 6.45) is 3.19. The summed E-state index contributed by atoms with van der Waals surface area (Å²) < 4.78 is 5.50. The van der Waals surface area contributed by atoms with Gasteiger partial charge >= 0.3 is 0 Å². The second-order valence-corrected chi connectivity index (χ2v) is 7.82. The molecule has 0 amide bonds. The van der Waals surface area contributed by atoms with E-state index in [1.54, 1.807) is 13.2 Å². The van der Waals surface area contributed by atoms with E-state index in [0.717, 1.165) is 31.6 Å². The third-order valence-corrected chi connectivity index (χ3v) is 6.50. The Labute approximate surface area is 153 Å². The number of likely N-dealkylation sites (tertiary alicyclic amines) is 1. The molecule has 2 bridgehead atoms. The first-order chi connectivity index (χ1) is 12.6. The molecule has 0 spiro atoms. The summed E-state index contributed by atoms with van der Waals surface area (Å²) in [7, 11) is 3.95. The summed E-state index contributed by atoms with van der Waals surface area (Å²) in [4.78, 5) is 6.16. The number of benzene rings is 2. The first-order valence-electron chi connectivity index (χ1n) is 9.29. The fraction of sp³-hybridized carbons (Fsp3) is 0.364. The third-order valence-electron chi connectivity index (χ3n) is 6.50. The molecule has 4 nitrogen and oxygen atoms in total. The van der Waals surface area contributed by atoms with E-state index in [-0.39, 0.29) is 5.41 Å². The van der Waals surface area contributed by atoms with Gasteiger partial charge in [-0.05, 0) is 67.9 Å². The van der Waals surface area contributed by atoms with Crippen molar-refractivity contribution in [1.82, 2.24) is 9.88 Å². The molecule has 2 aromatic carbocycles. The van der Waals surface area contributed by atoms with Crippen LogP contribution < -0.4 is 4.74 Å². The smallest absolute Gasteiger partial charge is 0.119 e. The Morgan fingerprint density at radius 2 is 2.12 bits per heavy atom. The van der Waals surface area contributed by atoms with Gasteiger partial charge in [0, 0.05) is 34.5 Å². The highest BCUT2D eigenvalue weighted by atomic mass is 16.5. The van der Waals surface area contributed by atoms with Crippen LogP contribution in [0.25, 0.3) is 10.9 Å². The van der Waals surface area contributed by atoms with Gasteiger partial charge in [-0.25, -0.2) is 0 Å². The van der Waals surface area contributed by atoms with Gasteiger partial charge in [-0.1, -0.05) is 12.1 Å². The van der Waals surface area contributed by atoms with Crippen LogP contribution in [0.2, 0.25) is 0 Å². The molecule has 4 heteroatoms. The Hall–Kier alpha value is -2.46. The van der Waals surface area contributed by atoms with Crippen molar-refractivity contribution >= 4 is 10.9 Å². The van der Waals surface area contributed by atoms with Crippen LogP contribution in [0.4, 0.5) is 0 Å². The molecule has 2 atom stereocenters. The van der Waals surface area contributed by atoms with Crippen molar-refractivity contribution in [2.45, 2.75) is 30.7 Å². The number of nitrogens with one attached hydrogen (secondary N) is 1. The van der Waals surface area contributed by atoms with Gasteiger partial charge in [0.2, 0.25) is 0 Å². The monoisotopic (exact) mass is 348 g/mol. The van der Waals surface area contributed by atoms with Gasteiger partial charge in [0.05, 0.1) is 7.11 Å². The van der Waals surface area contributed by atoms with Gasteiger partial charge in [-0.3, -0.25) is 0 Å². The van der Waals surface area contributed by atoms with Crippen LogP contribution in [0.1, 0.15) is 29.7 Å². The molecule has 3 aromatic rings. The van der Waals surface area contributed by atoms with Crippen molar-refractivity contribution in [2.24, 2.45) is 0 Å². The highest BCUT2D eigenvalue weighted by molar-refractivity contribution is 5.88. The van der Waals surface area contributed by atoms with E-state index in [1.165, 1.54) is 27.7 Å². The predicted octanol–water partition coefficient (Wildman–Crippen LogP) is 3.82. The number of ether oxygens (including phenoxy) is 1. The third kappa shape index (κ3) is 2.12. The molecule has 0 saturated carbocycles. The zero-order valence-corrected chi connectivity index (χ0v) is 15.2. The SMILES string of the molecule is COc1ccc2[nH]c3c(c2c1)[C@@]1(c2cccc(O)c2)CCN(C)[C@@H](C3)C1. The average Bonchev–Trinajstić information content (AvgIpc) is 3.02. The van der Waals surface area contributed by atoms with Gasteiger partial charge < -0.3 is 19.7 Å². The lowest BCUT2D eigenvalue weighted by atomic mass is 9.61. The number of likely N-dealkylation sites (N-methyl/N-ethyl adjacent to an activating group) is 1. The number of nitrogens with zero attached hydrogens (tertiary/aromatic N) is 1. The Bertz CT molecular complexity index is 993. The second-order valence-electron chi connectivity index (χ2n) is 7.82. The number of methoxy groups -OCH3 is 1. The standard InChI is InChI=1S/C22H24N2O2/c1-24-9-8-22(14-4-3-5-16(25)10-14)13-15(24)11-20-21(22)18-12-17(26-2)6-7-19(18)23-20/h3-7,10,12,15,23,25H,8-9,11,13H2,1-2H3/t15-,22-/m0/s1. The molecule has 0 unspecified atom stereocenters. The number of rotatable bonds is 2. The lowest BCUT2D eigenvalue weighted by Crippen LogP contribution is -2.52. The van der Waals surface area contributed by atoms with Crippen molar-refractivity contribution in [2.75, 3.05) is 20.7 Å². The van der Waals surface area contributed by atoms with E-state index in [4.69, 9.17) is 4.74 Å². The molecule has 1 saturated heterocycles. The molecule has 0 radical (unpaired) electrons. The summed E-state index contributed by atoms with van der Waals surface area (Å²) in [5.41, 5.74) is 5.07. The first-order valence-corrected chi connectivity index (χ1v) is 9.29. The number of aromatic hydroxyl groups is 1. The van der Waals surface area contributed by atoms with Crippen LogP contribution in [0, 0.1) is 0 Å². The normalized spacial score (nSPS) is 25.2. The zero-order chi connectivity index (χ0) is 17.9. The fourth-order valence-corrected chi connectivity index (χ4v) is 5.16. The molecule has 1 aliphatic heterocycles. The number of H-pyrrole nitrogens is 1. The summed E-state index contributed by atoms with van der Waals surface area (Å²) in [5.74, 6) is 1.23. The molecular formula is C22H24N2O2. The number of hydrogen-bond donors (Lipinski definition) is 2. The van der Waals surface area contributed by atoms with E-state index in [9.17, 15) is 5.11 Å². The van der Waals surface area contributed by atoms with E-state index in [0.29, 0.717) is 11.8 Å². The Morgan fingerprint density at radius 1 is 1.23 bits per heavy atom. The molecule has 1 aliphatic carbocycles. The highest BCUT2D eigenvalue weighted by Gasteiger charge is 2.47.